The molecule has 3 aromatic carbocycles. The molecule has 0 saturated carbocycles. The Morgan fingerprint density at radius 1 is 0.696 bits per heavy atom. The molecule has 0 aromatic heterocycles. The summed E-state index contributed by atoms with van der Waals surface area (Å²) in [6.07, 6.45) is 0. The van der Waals surface area contributed by atoms with Crippen LogP contribution in [0.4, 0.5) is 0 Å². The van der Waals surface area contributed by atoms with Crippen LogP contribution in [0.1, 0.15) is 22.3 Å². The predicted molar refractivity (Wildman–Crippen MR) is 96.2 cm³/mol. The smallest absolute Gasteiger partial charge is 0.0991 e. The monoisotopic (exact) mass is 297 g/mol. The molecule has 0 aliphatic heterocycles. The van der Waals surface area contributed by atoms with Crippen molar-refractivity contribution in [2.45, 2.75) is 20.8 Å². The van der Waals surface area contributed by atoms with Crippen molar-refractivity contribution < 1.29 is 0 Å². The molecule has 1 nitrogen and oxygen atoms in total. The van der Waals surface area contributed by atoms with Crippen LogP contribution >= 0.6 is 0 Å². The van der Waals surface area contributed by atoms with Crippen LogP contribution in [0.3, 0.4) is 0 Å². The van der Waals surface area contributed by atoms with Gasteiger partial charge in [-0.2, -0.15) is 5.26 Å². The van der Waals surface area contributed by atoms with E-state index in [0.29, 0.717) is 5.56 Å². The summed E-state index contributed by atoms with van der Waals surface area (Å²) in [6.45, 7) is 6.49. The van der Waals surface area contributed by atoms with Gasteiger partial charge in [0, 0.05) is 0 Å². The fourth-order valence-corrected chi connectivity index (χ4v) is 2.93. The van der Waals surface area contributed by atoms with Crippen LogP contribution in [0, 0.1) is 32.1 Å². The molecule has 0 heterocycles. The third-order valence-corrected chi connectivity index (χ3v) is 4.47. The van der Waals surface area contributed by atoms with Gasteiger partial charge >= 0.3 is 0 Å². The first-order chi connectivity index (χ1) is 11.1. The Morgan fingerprint density at radius 3 is 2.04 bits per heavy atom. The number of nitriles is 1. The average molecular weight is 297 g/mol. The molecule has 0 aliphatic rings. The van der Waals surface area contributed by atoms with Crippen LogP contribution < -0.4 is 0 Å². The molecule has 0 radical (unpaired) electrons. The Bertz CT molecular complexity index is 896. The van der Waals surface area contributed by atoms with Crippen molar-refractivity contribution in [2.75, 3.05) is 0 Å². The summed E-state index contributed by atoms with van der Waals surface area (Å²) in [6, 6.07) is 22.9. The SMILES string of the molecule is Cc1cc(-c2ccc(C#N)cc2)ccc1-c1cccc(C)c1C. The Kier molecular flexibility index (Phi) is 4.00. The van der Waals surface area contributed by atoms with Crippen molar-refractivity contribution in [3.05, 3.63) is 82.9 Å². The highest BCUT2D eigenvalue weighted by atomic mass is 14.2. The van der Waals surface area contributed by atoms with E-state index in [-0.39, 0.29) is 0 Å². The first kappa shape index (κ1) is 15.1. The van der Waals surface area contributed by atoms with Crippen LogP contribution in [-0.2, 0) is 0 Å². The van der Waals surface area contributed by atoms with Crippen molar-refractivity contribution >= 4 is 0 Å². The van der Waals surface area contributed by atoms with Gasteiger partial charge in [0.2, 0.25) is 0 Å². The molecule has 112 valence electrons. The summed E-state index contributed by atoms with van der Waals surface area (Å²) >= 11 is 0. The van der Waals surface area contributed by atoms with E-state index in [0.717, 1.165) is 5.56 Å². The summed E-state index contributed by atoms with van der Waals surface area (Å²) in [5.41, 5.74) is 9.51. The lowest BCUT2D eigenvalue weighted by Crippen LogP contribution is -1.90. The second kappa shape index (κ2) is 6.10. The maximum Gasteiger partial charge on any atom is 0.0991 e. The van der Waals surface area contributed by atoms with Crippen molar-refractivity contribution in [2.24, 2.45) is 0 Å². The van der Waals surface area contributed by atoms with Gasteiger partial charge in [-0.15, -0.1) is 0 Å². The van der Waals surface area contributed by atoms with Gasteiger partial charge < -0.3 is 0 Å². The van der Waals surface area contributed by atoms with E-state index in [4.69, 9.17) is 5.26 Å². The van der Waals surface area contributed by atoms with Crippen LogP contribution in [0.5, 0.6) is 0 Å². The highest BCUT2D eigenvalue weighted by molar-refractivity contribution is 5.76. The maximum atomic E-state index is 8.90. The van der Waals surface area contributed by atoms with Crippen molar-refractivity contribution in [1.29, 1.82) is 5.26 Å². The van der Waals surface area contributed by atoms with Crippen LogP contribution in [-0.4, -0.2) is 0 Å². The van der Waals surface area contributed by atoms with E-state index in [1.54, 1.807) is 0 Å². The van der Waals surface area contributed by atoms with Gasteiger partial charge in [0.25, 0.3) is 0 Å². The summed E-state index contributed by atoms with van der Waals surface area (Å²) in [7, 11) is 0. The summed E-state index contributed by atoms with van der Waals surface area (Å²) in [5, 5.41) is 8.90. The lowest BCUT2D eigenvalue weighted by Gasteiger charge is -2.13. The maximum absolute atomic E-state index is 8.90. The average Bonchev–Trinajstić information content (AvgIpc) is 2.58. The minimum Gasteiger partial charge on any atom is -0.192 e. The normalized spacial score (nSPS) is 10.3. The van der Waals surface area contributed by atoms with E-state index < -0.39 is 0 Å². The van der Waals surface area contributed by atoms with Gasteiger partial charge in [0.1, 0.15) is 0 Å². The highest BCUT2D eigenvalue weighted by Crippen LogP contribution is 2.31. The molecule has 0 fully saturated rings. The molecule has 0 saturated heterocycles. The van der Waals surface area contributed by atoms with E-state index in [2.05, 4.69) is 63.2 Å². The highest BCUT2D eigenvalue weighted by Gasteiger charge is 2.08. The largest absolute Gasteiger partial charge is 0.192 e. The predicted octanol–water partition coefficient (Wildman–Crippen LogP) is 5.82. The zero-order valence-corrected chi connectivity index (χ0v) is 13.7. The molecular formula is C22H19N. The first-order valence-corrected chi connectivity index (χ1v) is 7.78. The number of hydrogen-bond donors (Lipinski definition) is 0. The summed E-state index contributed by atoms with van der Waals surface area (Å²) in [5.74, 6) is 0. The quantitative estimate of drug-likeness (QED) is 0.585. The number of benzene rings is 3. The lowest BCUT2D eigenvalue weighted by atomic mass is 9.92. The molecule has 0 aliphatic carbocycles. The van der Waals surface area contributed by atoms with E-state index in [1.165, 1.54) is 33.4 Å². The Hall–Kier alpha value is -2.85. The molecule has 23 heavy (non-hydrogen) atoms. The van der Waals surface area contributed by atoms with Gasteiger partial charge in [-0.3, -0.25) is 0 Å². The first-order valence-electron chi connectivity index (χ1n) is 7.78. The molecule has 1 heteroatoms. The van der Waals surface area contributed by atoms with Crippen molar-refractivity contribution in [3.63, 3.8) is 0 Å². The molecule has 0 bridgehead atoms. The topological polar surface area (TPSA) is 23.8 Å². The van der Waals surface area contributed by atoms with E-state index >= 15 is 0 Å². The van der Waals surface area contributed by atoms with Gasteiger partial charge in [0.05, 0.1) is 11.6 Å². The summed E-state index contributed by atoms with van der Waals surface area (Å²) in [4.78, 5) is 0. The van der Waals surface area contributed by atoms with E-state index in [1.807, 2.05) is 24.3 Å². The molecule has 0 amide bonds. The number of rotatable bonds is 2. The molecular weight excluding hydrogens is 278 g/mol. The minimum atomic E-state index is 0.692. The molecule has 3 aromatic rings. The Labute approximate surface area is 137 Å². The third kappa shape index (κ3) is 2.89. The Morgan fingerprint density at radius 2 is 1.39 bits per heavy atom. The minimum absolute atomic E-state index is 0.692. The summed E-state index contributed by atoms with van der Waals surface area (Å²) < 4.78 is 0. The molecule has 0 N–H and O–H groups in total. The molecule has 0 atom stereocenters. The molecule has 3 rings (SSSR count). The number of aryl methyl sites for hydroxylation is 2. The molecule has 0 unspecified atom stereocenters. The number of nitrogens with zero attached hydrogens (tertiary/aromatic N) is 1. The van der Waals surface area contributed by atoms with Crippen molar-refractivity contribution in [3.8, 4) is 28.3 Å². The number of hydrogen-bond acceptors (Lipinski definition) is 1. The fourth-order valence-electron chi connectivity index (χ4n) is 2.93. The van der Waals surface area contributed by atoms with Crippen LogP contribution in [0.25, 0.3) is 22.3 Å². The second-order valence-electron chi connectivity index (χ2n) is 5.97. The standard InChI is InChI=1S/C22H19N/c1-15-5-4-6-22(17(15)3)21-12-11-20(13-16(21)2)19-9-7-18(14-23)8-10-19/h4-13H,1-3H3. The van der Waals surface area contributed by atoms with Gasteiger partial charge in [-0.1, -0.05) is 48.5 Å². The third-order valence-electron chi connectivity index (χ3n) is 4.47. The lowest BCUT2D eigenvalue weighted by molar-refractivity contribution is 1.33. The fraction of sp³-hybridized carbons (Fsp3) is 0.136. The zero-order chi connectivity index (χ0) is 16.4. The van der Waals surface area contributed by atoms with E-state index in [9.17, 15) is 0 Å². The van der Waals surface area contributed by atoms with Gasteiger partial charge in [-0.05, 0) is 71.8 Å². The van der Waals surface area contributed by atoms with Crippen LogP contribution in [0.15, 0.2) is 60.7 Å². The molecule has 0 spiro atoms. The van der Waals surface area contributed by atoms with Gasteiger partial charge in [-0.25, -0.2) is 0 Å². The second-order valence-corrected chi connectivity index (χ2v) is 5.97. The van der Waals surface area contributed by atoms with Gasteiger partial charge in [0.15, 0.2) is 0 Å². The van der Waals surface area contributed by atoms with Crippen LogP contribution in [0.2, 0.25) is 0 Å². The Balaban J connectivity index is 2.04. The van der Waals surface area contributed by atoms with Crippen molar-refractivity contribution in [1.82, 2.24) is 0 Å². The zero-order valence-electron chi connectivity index (χ0n) is 13.7.